The Labute approximate surface area is 110 Å². The molecule has 2 rings (SSSR count). The molecule has 2 aliphatic heterocycles. The highest BCUT2D eigenvalue weighted by Crippen LogP contribution is 2.19. The molecule has 4 nitrogen and oxygen atoms in total. The Morgan fingerprint density at radius 2 is 2.06 bits per heavy atom. The van der Waals surface area contributed by atoms with Crippen LogP contribution in [0.2, 0.25) is 0 Å². The quantitative estimate of drug-likeness (QED) is 0.827. The van der Waals surface area contributed by atoms with Crippen molar-refractivity contribution in [3.63, 3.8) is 0 Å². The fraction of sp³-hybridized carbons (Fsp3) is 0.929. The van der Waals surface area contributed by atoms with Gasteiger partial charge in [0.2, 0.25) is 5.91 Å². The molecule has 0 aromatic rings. The molecule has 2 heterocycles. The number of amides is 1. The number of ether oxygens (including phenoxy) is 1. The standard InChI is InChI=1S/C14H26N2O2/c1-2-12-5-3-4-10-16(12)14(17)11-18-13-6-8-15-9-7-13/h12-13,15H,2-11H2,1H3. The highest BCUT2D eigenvalue weighted by Gasteiger charge is 2.26. The van der Waals surface area contributed by atoms with E-state index in [9.17, 15) is 4.79 Å². The Hall–Kier alpha value is -0.610. The van der Waals surface area contributed by atoms with Gasteiger partial charge in [-0.25, -0.2) is 0 Å². The second kappa shape index (κ2) is 7.10. The summed E-state index contributed by atoms with van der Waals surface area (Å²) in [6.07, 6.45) is 6.98. The van der Waals surface area contributed by atoms with E-state index in [-0.39, 0.29) is 18.6 Å². The maximum Gasteiger partial charge on any atom is 0.248 e. The topological polar surface area (TPSA) is 41.6 Å². The van der Waals surface area contributed by atoms with E-state index in [1.54, 1.807) is 0 Å². The summed E-state index contributed by atoms with van der Waals surface area (Å²) >= 11 is 0. The third kappa shape index (κ3) is 3.69. The van der Waals surface area contributed by atoms with Crippen LogP contribution in [0.4, 0.5) is 0 Å². The number of rotatable bonds is 4. The lowest BCUT2D eigenvalue weighted by molar-refractivity contribution is -0.142. The average Bonchev–Trinajstić information content (AvgIpc) is 2.45. The van der Waals surface area contributed by atoms with Crippen LogP contribution in [0.25, 0.3) is 0 Å². The Balaban J connectivity index is 1.75. The number of piperidine rings is 2. The zero-order chi connectivity index (χ0) is 12.8. The first-order valence-corrected chi connectivity index (χ1v) is 7.43. The van der Waals surface area contributed by atoms with Gasteiger partial charge in [-0.3, -0.25) is 4.79 Å². The van der Waals surface area contributed by atoms with E-state index in [0.29, 0.717) is 6.04 Å². The minimum absolute atomic E-state index is 0.195. The molecule has 4 heteroatoms. The molecule has 1 unspecified atom stereocenters. The molecule has 0 aromatic carbocycles. The van der Waals surface area contributed by atoms with E-state index < -0.39 is 0 Å². The number of nitrogens with zero attached hydrogens (tertiary/aromatic N) is 1. The van der Waals surface area contributed by atoms with Gasteiger partial charge in [0, 0.05) is 12.6 Å². The van der Waals surface area contributed by atoms with E-state index in [0.717, 1.165) is 51.7 Å². The van der Waals surface area contributed by atoms with Gasteiger partial charge in [-0.2, -0.15) is 0 Å². The Morgan fingerprint density at radius 3 is 2.78 bits per heavy atom. The number of likely N-dealkylation sites (tertiary alicyclic amines) is 1. The van der Waals surface area contributed by atoms with Gasteiger partial charge >= 0.3 is 0 Å². The van der Waals surface area contributed by atoms with Crippen molar-refractivity contribution < 1.29 is 9.53 Å². The number of carbonyl (C=O) groups is 1. The molecule has 2 aliphatic rings. The summed E-state index contributed by atoms with van der Waals surface area (Å²) in [5.41, 5.74) is 0. The smallest absolute Gasteiger partial charge is 0.248 e. The zero-order valence-electron chi connectivity index (χ0n) is 11.5. The van der Waals surface area contributed by atoms with Crippen LogP contribution in [-0.4, -0.2) is 49.2 Å². The molecule has 0 radical (unpaired) electrons. The van der Waals surface area contributed by atoms with Crippen molar-refractivity contribution in [2.24, 2.45) is 0 Å². The molecule has 0 aromatic heterocycles. The average molecular weight is 254 g/mol. The molecule has 0 saturated carbocycles. The second-order valence-corrected chi connectivity index (χ2v) is 5.41. The highest BCUT2D eigenvalue weighted by molar-refractivity contribution is 5.77. The number of hydrogen-bond acceptors (Lipinski definition) is 3. The first-order valence-electron chi connectivity index (χ1n) is 7.43. The Morgan fingerprint density at radius 1 is 1.28 bits per heavy atom. The largest absolute Gasteiger partial charge is 0.368 e. The summed E-state index contributed by atoms with van der Waals surface area (Å²) in [6, 6.07) is 0.447. The molecule has 0 spiro atoms. The van der Waals surface area contributed by atoms with Gasteiger partial charge in [0.15, 0.2) is 0 Å². The SMILES string of the molecule is CCC1CCCCN1C(=O)COC1CCNCC1. The summed E-state index contributed by atoms with van der Waals surface area (Å²) in [4.78, 5) is 14.2. The highest BCUT2D eigenvalue weighted by atomic mass is 16.5. The monoisotopic (exact) mass is 254 g/mol. The first-order chi connectivity index (χ1) is 8.81. The van der Waals surface area contributed by atoms with E-state index >= 15 is 0 Å². The third-order valence-electron chi connectivity index (χ3n) is 4.15. The van der Waals surface area contributed by atoms with Crippen molar-refractivity contribution in [2.75, 3.05) is 26.2 Å². The fourth-order valence-corrected chi connectivity index (χ4v) is 2.99. The molecule has 104 valence electrons. The van der Waals surface area contributed by atoms with Crippen molar-refractivity contribution in [2.45, 2.75) is 57.6 Å². The molecule has 2 saturated heterocycles. The van der Waals surface area contributed by atoms with Crippen molar-refractivity contribution in [3.05, 3.63) is 0 Å². The van der Waals surface area contributed by atoms with Crippen molar-refractivity contribution >= 4 is 5.91 Å². The molecule has 18 heavy (non-hydrogen) atoms. The molecule has 2 fully saturated rings. The molecule has 0 bridgehead atoms. The molecule has 0 aliphatic carbocycles. The number of hydrogen-bond donors (Lipinski definition) is 1. The normalized spacial score (nSPS) is 26.3. The third-order valence-corrected chi connectivity index (χ3v) is 4.15. The number of carbonyl (C=O) groups excluding carboxylic acids is 1. The predicted octanol–water partition coefficient (Wildman–Crippen LogP) is 1.55. The van der Waals surface area contributed by atoms with Crippen LogP contribution >= 0.6 is 0 Å². The predicted molar refractivity (Wildman–Crippen MR) is 71.5 cm³/mol. The molecule has 1 amide bonds. The minimum atomic E-state index is 0.195. The van der Waals surface area contributed by atoms with Crippen molar-refractivity contribution in [1.82, 2.24) is 10.2 Å². The summed E-state index contributed by atoms with van der Waals surface area (Å²) in [5, 5.41) is 3.31. The van der Waals surface area contributed by atoms with E-state index in [1.807, 2.05) is 4.90 Å². The van der Waals surface area contributed by atoms with Gasteiger partial charge in [0.1, 0.15) is 6.61 Å². The van der Waals surface area contributed by atoms with Gasteiger partial charge in [0.25, 0.3) is 0 Å². The van der Waals surface area contributed by atoms with Gasteiger partial charge in [-0.05, 0) is 51.6 Å². The van der Waals surface area contributed by atoms with E-state index in [2.05, 4.69) is 12.2 Å². The second-order valence-electron chi connectivity index (χ2n) is 5.41. The van der Waals surface area contributed by atoms with E-state index in [1.165, 1.54) is 6.42 Å². The van der Waals surface area contributed by atoms with Crippen molar-refractivity contribution in [1.29, 1.82) is 0 Å². The van der Waals surface area contributed by atoms with E-state index in [4.69, 9.17) is 4.74 Å². The van der Waals surface area contributed by atoms with Crippen LogP contribution in [0.15, 0.2) is 0 Å². The lowest BCUT2D eigenvalue weighted by atomic mass is 10.00. The van der Waals surface area contributed by atoms with Gasteiger partial charge in [-0.1, -0.05) is 6.92 Å². The van der Waals surface area contributed by atoms with Gasteiger partial charge in [0.05, 0.1) is 6.10 Å². The summed E-state index contributed by atoms with van der Waals surface area (Å²) in [7, 11) is 0. The summed E-state index contributed by atoms with van der Waals surface area (Å²) in [5.74, 6) is 0.195. The molecular formula is C14H26N2O2. The van der Waals surface area contributed by atoms with Crippen LogP contribution in [0.1, 0.15) is 45.4 Å². The lowest BCUT2D eigenvalue weighted by Crippen LogP contribution is -2.45. The first kappa shape index (κ1) is 13.8. The van der Waals surface area contributed by atoms with Crippen LogP contribution < -0.4 is 5.32 Å². The fourth-order valence-electron chi connectivity index (χ4n) is 2.99. The maximum atomic E-state index is 12.2. The summed E-state index contributed by atoms with van der Waals surface area (Å²) in [6.45, 7) is 5.40. The van der Waals surface area contributed by atoms with Crippen LogP contribution in [-0.2, 0) is 9.53 Å². The maximum absolute atomic E-state index is 12.2. The summed E-state index contributed by atoms with van der Waals surface area (Å²) < 4.78 is 5.76. The molecule has 1 N–H and O–H groups in total. The Kier molecular flexibility index (Phi) is 5.45. The molecule has 1 atom stereocenters. The zero-order valence-corrected chi connectivity index (χ0v) is 11.5. The van der Waals surface area contributed by atoms with Crippen LogP contribution in [0.5, 0.6) is 0 Å². The lowest BCUT2D eigenvalue weighted by Gasteiger charge is -2.35. The van der Waals surface area contributed by atoms with Crippen LogP contribution in [0.3, 0.4) is 0 Å². The van der Waals surface area contributed by atoms with Crippen molar-refractivity contribution in [3.8, 4) is 0 Å². The number of nitrogens with one attached hydrogen (secondary N) is 1. The minimum Gasteiger partial charge on any atom is -0.368 e. The Bertz CT molecular complexity index is 265. The van der Waals surface area contributed by atoms with Crippen LogP contribution in [0, 0.1) is 0 Å². The molecular weight excluding hydrogens is 228 g/mol. The van der Waals surface area contributed by atoms with Gasteiger partial charge in [-0.15, -0.1) is 0 Å². The van der Waals surface area contributed by atoms with Gasteiger partial charge < -0.3 is 15.0 Å².